The summed E-state index contributed by atoms with van der Waals surface area (Å²) in [4.78, 5) is 0. The molecule has 1 atom stereocenters. The lowest BCUT2D eigenvalue weighted by molar-refractivity contribution is 0.386. The molecule has 0 fully saturated rings. The van der Waals surface area contributed by atoms with E-state index < -0.39 is 11.2 Å². The van der Waals surface area contributed by atoms with Crippen molar-refractivity contribution < 1.29 is 9.13 Å². The minimum Gasteiger partial charge on any atom is -0.494 e. The maximum absolute atomic E-state index is 13.7. The maximum Gasteiger partial charge on any atom is 0.165 e. The van der Waals surface area contributed by atoms with Gasteiger partial charge >= 0.3 is 0 Å². The van der Waals surface area contributed by atoms with Gasteiger partial charge in [-0.25, -0.2) is 4.39 Å². The second-order valence-corrected chi connectivity index (χ2v) is 5.19. The first kappa shape index (κ1) is 14.2. The number of hydrogen-bond donors (Lipinski definition) is 0. The first-order chi connectivity index (χ1) is 9.01. The molecule has 0 spiro atoms. The van der Waals surface area contributed by atoms with Crippen LogP contribution in [0.4, 0.5) is 4.39 Å². The van der Waals surface area contributed by atoms with Gasteiger partial charge in [0.15, 0.2) is 11.6 Å². The zero-order chi connectivity index (χ0) is 14.0. The summed E-state index contributed by atoms with van der Waals surface area (Å²) in [6.07, 6.45) is 0. The second-order valence-electron chi connectivity index (χ2n) is 4.32. The van der Waals surface area contributed by atoms with Crippen LogP contribution >= 0.6 is 23.2 Å². The van der Waals surface area contributed by atoms with Gasteiger partial charge < -0.3 is 4.74 Å². The van der Waals surface area contributed by atoms with Crippen LogP contribution in [-0.4, -0.2) is 7.11 Å². The lowest BCUT2D eigenvalue weighted by Gasteiger charge is -2.13. The van der Waals surface area contributed by atoms with Crippen LogP contribution in [0.1, 0.15) is 22.1 Å². The van der Waals surface area contributed by atoms with Crippen molar-refractivity contribution in [2.24, 2.45) is 0 Å². The van der Waals surface area contributed by atoms with Crippen molar-refractivity contribution in [1.82, 2.24) is 0 Å². The molecule has 2 aromatic carbocycles. The quantitative estimate of drug-likeness (QED) is 0.714. The molecule has 1 unspecified atom stereocenters. The second kappa shape index (κ2) is 5.81. The first-order valence-corrected chi connectivity index (χ1v) is 6.57. The number of aryl methyl sites for hydroxylation is 1. The van der Waals surface area contributed by atoms with Crippen molar-refractivity contribution in [2.45, 2.75) is 12.3 Å². The smallest absolute Gasteiger partial charge is 0.165 e. The third-order valence-electron chi connectivity index (χ3n) is 2.83. The third kappa shape index (κ3) is 3.20. The number of benzene rings is 2. The Morgan fingerprint density at radius 2 is 1.84 bits per heavy atom. The summed E-state index contributed by atoms with van der Waals surface area (Å²) in [5.41, 5.74) is 2.53. The minimum absolute atomic E-state index is 0.204. The molecule has 0 radical (unpaired) electrons. The normalized spacial score (nSPS) is 12.3. The topological polar surface area (TPSA) is 9.23 Å². The zero-order valence-electron chi connectivity index (χ0n) is 10.6. The third-order valence-corrected chi connectivity index (χ3v) is 3.55. The molecule has 2 rings (SSSR count). The molecule has 0 saturated carbocycles. The van der Waals surface area contributed by atoms with E-state index in [1.807, 2.05) is 19.1 Å². The van der Waals surface area contributed by atoms with Gasteiger partial charge in [-0.1, -0.05) is 23.7 Å². The van der Waals surface area contributed by atoms with E-state index in [1.54, 1.807) is 18.2 Å². The number of ether oxygens (including phenoxy) is 1. The zero-order valence-corrected chi connectivity index (χ0v) is 12.1. The average molecular weight is 299 g/mol. The van der Waals surface area contributed by atoms with Crippen LogP contribution in [0.25, 0.3) is 0 Å². The Morgan fingerprint density at radius 1 is 1.11 bits per heavy atom. The fourth-order valence-corrected chi connectivity index (χ4v) is 2.50. The fraction of sp³-hybridized carbons (Fsp3) is 0.200. The molecule has 1 nitrogen and oxygen atoms in total. The van der Waals surface area contributed by atoms with Gasteiger partial charge in [0.2, 0.25) is 0 Å². The molecule has 0 heterocycles. The molecular formula is C15H13Cl2FO. The van der Waals surface area contributed by atoms with E-state index in [9.17, 15) is 4.39 Å². The Bertz CT molecular complexity index is 578. The Kier molecular flexibility index (Phi) is 4.33. The molecule has 0 bridgehead atoms. The molecule has 0 amide bonds. The van der Waals surface area contributed by atoms with Gasteiger partial charge in [-0.2, -0.15) is 0 Å². The van der Waals surface area contributed by atoms with Crippen molar-refractivity contribution in [3.8, 4) is 5.75 Å². The molecule has 0 N–H and O–H groups in total. The van der Waals surface area contributed by atoms with Gasteiger partial charge in [0.05, 0.1) is 12.5 Å². The lowest BCUT2D eigenvalue weighted by atomic mass is 10.0. The van der Waals surface area contributed by atoms with Crippen LogP contribution in [-0.2, 0) is 0 Å². The van der Waals surface area contributed by atoms with Gasteiger partial charge in [-0.15, -0.1) is 11.6 Å². The standard InChI is InChI=1S/C15H13Cl2FO/c1-9-5-11(7-12(16)6-9)15(17)10-3-4-14(19-2)13(18)8-10/h3-8,15H,1-2H3. The molecule has 0 aliphatic heterocycles. The Morgan fingerprint density at radius 3 is 2.42 bits per heavy atom. The highest BCUT2D eigenvalue weighted by atomic mass is 35.5. The number of methoxy groups -OCH3 is 1. The van der Waals surface area contributed by atoms with E-state index in [2.05, 4.69) is 0 Å². The Labute approximate surface area is 121 Å². The van der Waals surface area contributed by atoms with Crippen molar-refractivity contribution in [3.63, 3.8) is 0 Å². The van der Waals surface area contributed by atoms with Crippen LogP contribution in [0.15, 0.2) is 36.4 Å². The van der Waals surface area contributed by atoms with E-state index >= 15 is 0 Å². The van der Waals surface area contributed by atoms with Gasteiger partial charge in [-0.3, -0.25) is 0 Å². The molecular weight excluding hydrogens is 286 g/mol. The van der Waals surface area contributed by atoms with Crippen LogP contribution in [0.5, 0.6) is 5.75 Å². The fourth-order valence-electron chi connectivity index (χ4n) is 1.94. The van der Waals surface area contributed by atoms with E-state index in [-0.39, 0.29) is 5.75 Å². The Balaban J connectivity index is 2.38. The molecule has 0 saturated heterocycles. The SMILES string of the molecule is COc1ccc(C(Cl)c2cc(C)cc(Cl)c2)cc1F. The minimum atomic E-state index is -0.446. The Hall–Kier alpha value is -1.25. The van der Waals surface area contributed by atoms with Gasteiger partial charge in [-0.05, 0) is 47.9 Å². The lowest BCUT2D eigenvalue weighted by Crippen LogP contribution is -1.96. The van der Waals surface area contributed by atoms with E-state index in [4.69, 9.17) is 27.9 Å². The highest BCUT2D eigenvalue weighted by Crippen LogP contribution is 2.33. The highest BCUT2D eigenvalue weighted by molar-refractivity contribution is 6.31. The number of rotatable bonds is 3. The highest BCUT2D eigenvalue weighted by Gasteiger charge is 2.14. The number of hydrogen-bond acceptors (Lipinski definition) is 1. The summed E-state index contributed by atoms with van der Waals surface area (Å²) >= 11 is 12.4. The van der Waals surface area contributed by atoms with Gasteiger partial charge in [0, 0.05) is 5.02 Å². The largest absolute Gasteiger partial charge is 0.494 e. The molecule has 0 aliphatic rings. The summed E-state index contributed by atoms with van der Waals surface area (Å²) in [5.74, 6) is -0.223. The molecule has 100 valence electrons. The first-order valence-electron chi connectivity index (χ1n) is 5.76. The summed E-state index contributed by atoms with van der Waals surface area (Å²) in [6.45, 7) is 1.94. The van der Waals surface area contributed by atoms with E-state index in [1.165, 1.54) is 13.2 Å². The van der Waals surface area contributed by atoms with Crippen molar-refractivity contribution in [1.29, 1.82) is 0 Å². The van der Waals surface area contributed by atoms with Crippen molar-refractivity contribution in [2.75, 3.05) is 7.11 Å². The van der Waals surface area contributed by atoms with Crippen molar-refractivity contribution >= 4 is 23.2 Å². The van der Waals surface area contributed by atoms with Crippen molar-refractivity contribution in [3.05, 3.63) is 63.9 Å². The van der Waals surface area contributed by atoms with Crippen LogP contribution in [0.2, 0.25) is 5.02 Å². The molecule has 19 heavy (non-hydrogen) atoms. The predicted molar refractivity (Wildman–Crippen MR) is 76.8 cm³/mol. The van der Waals surface area contributed by atoms with Crippen LogP contribution < -0.4 is 4.74 Å². The van der Waals surface area contributed by atoms with E-state index in [0.29, 0.717) is 10.6 Å². The molecule has 4 heteroatoms. The van der Waals surface area contributed by atoms with Crippen LogP contribution in [0.3, 0.4) is 0 Å². The molecule has 2 aromatic rings. The summed E-state index contributed by atoms with van der Waals surface area (Å²) in [6, 6.07) is 10.3. The van der Waals surface area contributed by atoms with Gasteiger partial charge in [0.25, 0.3) is 0 Å². The summed E-state index contributed by atoms with van der Waals surface area (Å²) < 4.78 is 18.6. The monoisotopic (exact) mass is 298 g/mol. The van der Waals surface area contributed by atoms with Crippen LogP contribution in [0, 0.1) is 12.7 Å². The van der Waals surface area contributed by atoms with E-state index in [0.717, 1.165) is 11.1 Å². The average Bonchev–Trinajstić information content (AvgIpc) is 2.36. The summed E-state index contributed by atoms with van der Waals surface area (Å²) in [7, 11) is 1.43. The number of alkyl halides is 1. The maximum atomic E-state index is 13.7. The predicted octanol–water partition coefficient (Wildman–Crippen LogP) is 5.12. The summed E-state index contributed by atoms with van der Waals surface area (Å²) in [5, 5.41) is 0.174. The number of halogens is 3. The molecule has 0 aliphatic carbocycles. The van der Waals surface area contributed by atoms with Gasteiger partial charge in [0.1, 0.15) is 0 Å². The molecule has 0 aromatic heterocycles.